The Morgan fingerprint density at radius 3 is 2.54 bits per heavy atom. The fourth-order valence-electron chi connectivity index (χ4n) is 2.67. The highest BCUT2D eigenvalue weighted by atomic mass is 32.1. The van der Waals surface area contributed by atoms with E-state index < -0.39 is 0 Å². The van der Waals surface area contributed by atoms with Crippen LogP contribution in [0.1, 0.15) is 17.3 Å². The van der Waals surface area contributed by atoms with Crippen LogP contribution in [0.3, 0.4) is 0 Å². The maximum atomic E-state index is 12.2. The highest BCUT2D eigenvalue weighted by molar-refractivity contribution is 7.80. The van der Waals surface area contributed by atoms with Crippen LogP contribution in [0.25, 0.3) is 10.9 Å². The van der Waals surface area contributed by atoms with Crippen molar-refractivity contribution in [1.29, 1.82) is 0 Å². The number of hydrogen-bond acceptors (Lipinski definition) is 4. The third-order valence-corrected chi connectivity index (χ3v) is 4.17. The molecule has 28 heavy (non-hydrogen) atoms. The molecule has 0 aliphatic heterocycles. The molecule has 0 radical (unpaired) electrons. The van der Waals surface area contributed by atoms with E-state index in [1.807, 2.05) is 48.0 Å². The van der Waals surface area contributed by atoms with Gasteiger partial charge in [-0.05, 0) is 60.9 Å². The number of aromatic nitrogens is 1. The van der Waals surface area contributed by atoms with E-state index in [0.717, 1.165) is 10.9 Å². The monoisotopic (exact) mass is 396 g/mol. The van der Waals surface area contributed by atoms with E-state index in [9.17, 15) is 9.59 Å². The molecule has 8 heteroatoms. The molecule has 3 N–H and O–H groups in total. The van der Waals surface area contributed by atoms with Gasteiger partial charge in [0.25, 0.3) is 11.8 Å². The first-order chi connectivity index (χ1) is 13.6. The molecule has 0 spiro atoms. The molecule has 7 nitrogen and oxygen atoms in total. The van der Waals surface area contributed by atoms with E-state index in [1.54, 1.807) is 24.3 Å². The molecule has 1 heterocycles. The van der Waals surface area contributed by atoms with Crippen LogP contribution in [0, 0.1) is 0 Å². The number of fused-ring (bicyclic) bond motifs is 1. The average molecular weight is 396 g/mol. The molecule has 3 rings (SSSR count). The molecule has 0 saturated carbocycles. The van der Waals surface area contributed by atoms with Crippen molar-refractivity contribution in [3.63, 3.8) is 0 Å². The van der Waals surface area contributed by atoms with Gasteiger partial charge in [-0.25, -0.2) is 0 Å². The Kier molecular flexibility index (Phi) is 6.23. The van der Waals surface area contributed by atoms with Crippen LogP contribution in [-0.4, -0.2) is 28.1 Å². The first-order valence-electron chi connectivity index (χ1n) is 8.73. The van der Waals surface area contributed by atoms with Gasteiger partial charge < -0.3 is 9.30 Å². The minimum absolute atomic E-state index is 0.00426. The van der Waals surface area contributed by atoms with Gasteiger partial charge in [0.15, 0.2) is 5.11 Å². The van der Waals surface area contributed by atoms with Gasteiger partial charge in [0, 0.05) is 17.3 Å². The van der Waals surface area contributed by atoms with Crippen LogP contribution in [-0.2, 0) is 11.3 Å². The van der Waals surface area contributed by atoms with E-state index in [4.69, 9.17) is 17.0 Å². The Bertz CT molecular complexity index is 998. The van der Waals surface area contributed by atoms with Crippen molar-refractivity contribution in [2.24, 2.45) is 0 Å². The second-order valence-electron chi connectivity index (χ2n) is 5.92. The summed E-state index contributed by atoms with van der Waals surface area (Å²) in [5.41, 5.74) is 6.41. The first kappa shape index (κ1) is 19.4. The Hall–Kier alpha value is -3.39. The number of ether oxygens (including phenoxy) is 1. The van der Waals surface area contributed by atoms with E-state index in [2.05, 4.69) is 16.2 Å². The standard InChI is InChI=1S/C20H20N4O3S/c1-2-27-16-9-7-15(8-10-16)19(26)21-20(28)23-22-18(25)13-24-12-11-14-5-3-4-6-17(14)24/h3-12H,2,13H2,1H3,(H,22,25)(H2,21,23,26,28). The van der Waals surface area contributed by atoms with Crippen LogP contribution in [0.2, 0.25) is 0 Å². The molecule has 2 aromatic carbocycles. The van der Waals surface area contributed by atoms with E-state index in [0.29, 0.717) is 17.9 Å². The molecular weight excluding hydrogens is 376 g/mol. The summed E-state index contributed by atoms with van der Waals surface area (Å²) in [7, 11) is 0. The number of carbonyl (C=O) groups is 2. The lowest BCUT2D eigenvalue weighted by molar-refractivity contribution is -0.122. The van der Waals surface area contributed by atoms with Gasteiger partial charge in [0.05, 0.1) is 6.61 Å². The quantitative estimate of drug-likeness (QED) is 0.456. The maximum Gasteiger partial charge on any atom is 0.258 e. The normalized spacial score (nSPS) is 10.3. The number of benzene rings is 2. The number of rotatable bonds is 5. The number of nitrogens with one attached hydrogen (secondary N) is 3. The summed E-state index contributed by atoms with van der Waals surface area (Å²) in [6, 6.07) is 16.4. The molecule has 0 bridgehead atoms. The smallest absolute Gasteiger partial charge is 0.258 e. The van der Waals surface area contributed by atoms with Crippen molar-refractivity contribution in [1.82, 2.24) is 20.7 Å². The van der Waals surface area contributed by atoms with Crippen molar-refractivity contribution >= 4 is 40.0 Å². The molecule has 0 saturated heterocycles. The Morgan fingerprint density at radius 1 is 1.04 bits per heavy atom. The number of amides is 2. The van der Waals surface area contributed by atoms with Gasteiger partial charge in [0.2, 0.25) is 0 Å². The third kappa shape index (κ3) is 4.86. The number of thiocarbonyl (C=S) groups is 1. The fraction of sp³-hybridized carbons (Fsp3) is 0.150. The second kappa shape index (κ2) is 9.01. The Balaban J connectivity index is 1.48. The predicted molar refractivity (Wildman–Crippen MR) is 111 cm³/mol. The third-order valence-electron chi connectivity index (χ3n) is 3.96. The van der Waals surface area contributed by atoms with Crippen molar-refractivity contribution in [3.05, 3.63) is 66.4 Å². The molecular formula is C20H20N4O3S. The summed E-state index contributed by atoms with van der Waals surface area (Å²) < 4.78 is 7.16. The van der Waals surface area contributed by atoms with Gasteiger partial charge in [-0.3, -0.25) is 25.8 Å². The number of para-hydroxylation sites is 1. The number of nitrogens with zero attached hydrogens (tertiary/aromatic N) is 1. The summed E-state index contributed by atoms with van der Waals surface area (Å²) in [6.45, 7) is 2.56. The van der Waals surface area contributed by atoms with Crippen molar-refractivity contribution < 1.29 is 14.3 Å². The highest BCUT2D eigenvalue weighted by Gasteiger charge is 2.10. The summed E-state index contributed by atoms with van der Waals surface area (Å²) in [5, 5.41) is 3.57. The summed E-state index contributed by atoms with van der Waals surface area (Å²) >= 11 is 5.05. The molecule has 1 aromatic heterocycles. The highest BCUT2D eigenvalue weighted by Crippen LogP contribution is 2.14. The predicted octanol–water partition coefficient (Wildman–Crippen LogP) is 2.38. The number of carbonyl (C=O) groups excluding carboxylic acids is 2. The fourth-order valence-corrected chi connectivity index (χ4v) is 2.82. The van der Waals surface area contributed by atoms with E-state index >= 15 is 0 Å². The van der Waals surface area contributed by atoms with Crippen LogP contribution in [0.15, 0.2) is 60.8 Å². The van der Waals surface area contributed by atoms with E-state index in [-0.39, 0.29) is 23.5 Å². The summed E-state index contributed by atoms with van der Waals surface area (Å²) in [4.78, 5) is 24.3. The van der Waals surface area contributed by atoms with Gasteiger partial charge in [0.1, 0.15) is 12.3 Å². The molecule has 144 valence electrons. The van der Waals surface area contributed by atoms with Crippen LogP contribution < -0.4 is 20.9 Å². The Morgan fingerprint density at radius 2 is 1.79 bits per heavy atom. The zero-order valence-corrected chi connectivity index (χ0v) is 16.1. The molecule has 2 amide bonds. The second-order valence-corrected chi connectivity index (χ2v) is 6.32. The SMILES string of the molecule is CCOc1ccc(C(=O)NC(=S)NNC(=O)Cn2ccc3ccccc32)cc1. The summed E-state index contributed by atoms with van der Waals surface area (Å²) in [5.74, 6) is 0.00905. The zero-order valence-electron chi connectivity index (χ0n) is 15.3. The lowest BCUT2D eigenvalue weighted by Gasteiger charge is -2.12. The lowest BCUT2D eigenvalue weighted by atomic mass is 10.2. The van der Waals surface area contributed by atoms with Crippen molar-refractivity contribution in [3.8, 4) is 5.75 Å². The molecule has 0 aliphatic rings. The molecule has 0 aliphatic carbocycles. The van der Waals surface area contributed by atoms with Crippen LogP contribution in [0.5, 0.6) is 5.75 Å². The zero-order chi connectivity index (χ0) is 19.9. The van der Waals surface area contributed by atoms with Crippen LogP contribution >= 0.6 is 12.2 Å². The molecule has 0 atom stereocenters. The topological polar surface area (TPSA) is 84.4 Å². The average Bonchev–Trinajstić information content (AvgIpc) is 3.10. The Labute approximate surface area is 167 Å². The maximum absolute atomic E-state index is 12.2. The first-order valence-corrected chi connectivity index (χ1v) is 9.14. The van der Waals surface area contributed by atoms with E-state index in [1.165, 1.54) is 0 Å². The number of hydrazine groups is 1. The van der Waals surface area contributed by atoms with Gasteiger partial charge in [-0.15, -0.1) is 0 Å². The van der Waals surface area contributed by atoms with Crippen LogP contribution in [0.4, 0.5) is 0 Å². The van der Waals surface area contributed by atoms with Gasteiger partial charge in [-0.2, -0.15) is 0 Å². The lowest BCUT2D eigenvalue weighted by Crippen LogP contribution is -2.49. The molecule has 0 fully saturated rings. The minimum atomic E-state index is -0.383. The minimum Gasteiger partial charge on any atom is -0.494 e. The molecule has 0 unspecified atom stereocenters. The van der Waals surface area contributed by atoms with Gasteiger partial charge in [-0.1, -0.05) is 18.2 Å². The van der Waals surface area contributed by atoms with Crippen molar-refractivity contribution in [2.75, 3.05) is 6.61 Å². The number of hydrogen-bond donors (Lipinski definition) is 3. The largest absolute Gasteiger partial charge is 0.494 e. The van der Waals surface area contributed by atoms with Gasteiger partial charge >= 0.3 is 0 Å². The van der Waals surface area contributed by atoms with Crippen molar-refractivity contribution in [2.45, 2.75) is 13.5 Å². The molecule has 3 aromatic rings. The summed E-state index contributed by atoms with van der Waals surface area (Å²) in [6.07, 6.45) is 1.84.